The van der Waals surface area contributed by atoms with Gasteiger partial charge in [0, 0.05) is 12.6 Å². The summed E-state index contributed by atoms with van der Waals surface area (Å²) in [4.78, 5) is 2.12. The third kappa shape index (κ3) is 4.43. The van der Waals surface area contributed by atoms with E-state index in [2.05, 4.69) is 22.3 Å². The highest BCUT2D eigenvalue weighted by Gasteiger charge is 2.12. The predicted octanol–water partition coefficient (Wildman–Crippen LogP) is 0.0511. The highest BCUT2D eigenvalue weighted by molar-refractivity contribution is 5.85. The molecule has 0 radical (unpaired) electrons. The van der Waals surface area contributed by atoms with Gasteiger partial charge in [0.1, 0.15) is 0 Å². The Balaban J connectivity index is 3.96. The van der Waals surface area contributed by atoms with Gasteiger partial charge in [-0.15, -0.1) is 0 Å². The summed E-state index contributed by atoms with van der Waals surface area (Å²) in [7, 11) is 4.05. The Hall–Kier alpha value is -0.810. The van der Waals surface area contributed by atoms with Crippen LogP contribution in [0.5, 0.6) is 0 Å². The molecule has 2 atom stereocenters. The van der Waals surface area contributed by atoms with Crippen molar-refractivity contribution in [2.45, 2.75) is 32.4 Å². The van der Waals surface area contributed by atoms with Gasteiger partial charge in [-0.2, -0.15) is 0 Å². The largest absolute Gasteiger partial charge is 0.409 e. The fourth-order valence-corrected chi connectivity index (χ4v) is 1.02. The van der Waals surface area contributed by atoms with Crippen molar-refractivity contribution in [1.82, 2.24) is 10.2 Å². The number of amidine groups is 1. The first-order chi connectivity index (χ1) is 6.52. The van der Waals surface area contributed by atoms with Gasteiger partial charge in [-0.3, -0.25) is 0 Å². The van der Waals surface area contributed by atoms with Crippen molar-refractivity contribution in [3.05, 3.63) is 0 Å². The predicted molar refractivity (Wildman–Crippen MR) is 58.6 cm³/mol. The average molecular weight is 202 g/mol. The van der Waals surface area contributed by atoms with Gasteiger partial charge in [0.25, 0.3) is 0 Å². The second kappa shape index (κ2) is 6.62. The van der Waals surface area contributed by atoms with E-state index >= 15 is 0 Å². The van der Waals surface area contributed by atoms with E-state index in [0.29, 0.717) is 6.04 Å². The van der Waals surface area contributed by atoms with E-state index < -0.39 is 0 Å². The van der Waals surface area contributed by atoms with E-state index in [-0.39, 0.29) is 11.9 Å². The average Bonchev–Trinajstić information content (AvgIpc) is 2.17. The second-order valence-electron chi connectivity index (χ2n) is 3.71. The van der Waals surface area contributed by atoms with Crippen LogP contribution < -0.4 is 11.1 Å². The summed E-state index contributed by atoms with van der Waals surface area (Å²) in [6.07, 6.45) is 0.816. The molecule has 0 heterocycles. The van der Waals surface area contributed by atoms with Crippen molar-refractivity contribution >= 4 is 5.84 Å². The first kappa shape index (κ1) is 13.2. The van der Waals surface area contributed by atoms with Crippen LogP contribution in [-0.2, 0) is 0 Å². The molecule has 0 aromatic carbocycles. The molecule has 0 aliphatic rings. The molecule has 0 fully saturated rings. The first-order valence-corrected chi connectivity index (χ1v) is 4.90. The van der Waals surface area contributed by atoms with Crippen molar-refractivity contribution in [3.8, 4) is 0 Å². The standard InChI is InChI=1S/C9H22N4O/c1-5-8(9(10)12-14)11-6-7(2)13(3)4/h7-8,11,14H,5-6H2,1-4H3,(H2,10,12). The number of likely N-dealkylation sites (N-methyl/N-ethyl adjacent to an activating group) is 1. The number of rotatable bonds is 6. The first-order valence-electron chi connectivity index (χ1n) is 4.90. The topological polar surface area (TPSA) is 73.9 Å². The zero-order valence-corrected chi connectivity index (χ0v) is 9.49. The molecule has 2 unspecified atom stereocenters. The lowest BCUT2D eigenvalue weighted by atomic mass is 10.2. The fourth-order valence-electron chi connectivity index (χ4n) is 1.02. The molecule has 0 amide bonds. The molecular formula is C9H22N4O. The molecule has 0 rings (SSSR count). The molecule has 4 N–H and O–H groups in total. The van der Waals surface area contributed by atoms with Crippen molar-refractivity contribution in [1.29, 1.82) is 0 Å². The van der Waals surface area contributed by atoms with Crippen LogP contribution in [0.25, 0.3) is 0 Å². The van der Waals surface area contributed by atoms with Gasteiger partial charge >= 0.3 is 0 Å². The lowest BCUT2D eigenvalue weighted by molar-refractivity contribution is 0.294. The number of nitrogens with one attached hydrogen (secondary N) is 1. The highest BCUT2D eigenvalue weighted by Crippen LogP contribution is 1.94. The molecule has 0 aromatic rings. The Labute approximate surface area is 86.0 Å². The van der Waals surface area contributed by atoms with E-state index in [4.69, 9.17) is 10.9 Å². The zero-order chi connectivity index (χ0) is 11.1. The summed E-state index contributed by atoms with van der Waals surface area (Å²) in [5, 5.41) is 14.8. The summed E-state index contributed by atoms with van der Waals surface area (Å²) < 4.78 is 0. The van der Waals surface area contributed by atoms with Crippen molar-refractivity contribution in [3.63, 3.8) is 0 Å². The second-order valence-corrected chi connectivity index (χ2v) is 3.71. The number of oxime groups is 1. The summed E-state index contributed by atoms with van der Waals surface area (Å²) in [6.45, 7) is 4.93. The summed E-state index contributed by atoms with van der Waals surface area (Å²) in [5.74, 6) is 0.249. The van der Waals surface area contributed by atoms with E-state index in [0.717, 1.165) is 13.0 Å². The Kier molecular flexibility index (Phi) is 6.23. The molecule has 0 spiro atoms. The fraction of sp³-hybridized carbons (Fsp3) is 0.889. The van der Waals surface area contributed by atoms with Gasteiger partial charge in [0.15, 0.2) is 5.84 Å². The van der Waals surface area contributed by atoms with Crippen molar-refractivity contribution < 1.29 is 5.21 Å². The van der Waals surface area contributed by atoms with Crippen LogP contribution in [0.1, 0.15) is 20.3 Å². The number of hydrogen-bond donors (Lipinski definition) is 3. The van der Waals surface area contributed by atoms with Crippen LogP contribution in [0.4, 0.5) is 0 Å². The van der Waals surface area contributed by atoms with Gasteiger partial charge in [-0.1, -0.05) is 12.1 Å². The van der Waals surface area contributed by atoms with Crippen LogP contribution in [0.2, 0.25) is 0 Å². The van der Waals surface area contributed by atoms with Crippen LogP contribution >= 0.6 is 0 Å². The third-order valence-electron chi connectivity index (χ3n) is 2.42. The van der Waals surface area contributed by atoms with Crippen molar-refractivity contribution in [2.24, 2.45) is 10.9 Å². The van der Waals surface area contributed by atoms with Crippen LogP contribution in [0.15, 0.2) is 5.16 Å². The van der Waals surface area contributed by atoms with E-state index in [1.54, 1.807) is 0 Å². The van der Waals surface area contributed by atoms with Gasteiger partial charge in [0.2, 0.25) is 0 Å². The molecule has 0 aliphatic heterocycles. The maximum absolute atomic E-state index is 8.52. The van der Waals surface area contributed by atoms with Crippen LogP contribution in [0, 0.1) is 0 Å². The summed E-state index contributed by atoms with van der Waals surface area (Å²) in [6, 6.07) is 0.387. The van der Waals surface area contributed by atoms with Gasteiger partial charge < -0.3 is 21.2 Å². The molecule has 5 nitrogen and oxygen atoms in total. The molecule has 84 valence electrons. The molecule has 0 bridgehead atoms. The smallest absolute Gasteiger partial charge is 0.156 e. The minimum atomic E-state index is -0.0394. The molecule has 5 heteroatoms. The minimum absolute atomic E-state index is 0.0394. The Bertz CT molecular complexity index is 182. The van der Waals surface area contributed by atoms with Crippen LogP contribution in [0.3, 0.4) is 0 Å². The molecule has 0 aromatic heterocycles. The summed E-state index contributed by atoms with van der Waals surface area (Å²) >= 11 is 0. The lowest BCUT2D eigenvalue weighted by Gasteiger charge is -2.23. The Morgan fingerprint density at radius 1 is 1.57 bits per heavy atom. The lowest BCUT2D eigenvalue weighted by Crippen LogP contribution is -2.46. The van der Waals surface area contributed by atoms with Gasteiger partial charge in [0.05, 0.1) is 6.04 Å². The van der Waals surface area contributed by atoms with E-state index in [9.17, 15) is 0 Å². The molecule has 0 saturated heterocycles. The zero-order valence-electron chi connectivity index (χ0n) is 9.49. The maximum atomic E-state index is 8.52. The van der Waals surface area contributed by atoms with Gasteiger partial charge in [-0.25, -0.2) is 0 Å². The molecular weight excluding hydrogens is 180 g/mol. The number of nitrogens with zero attached hydrogens (tertiary/aromatic N) is 2. The monoisotopic (exact) mass is 202 g/mol. The number of nitrogens with two attached hydrogens (primary N) is 1. The Morgan fingerprint density at radius 2 is 2.14 bits per heavy atom. The maximum Gasteiger partial charge on any atom is 0.156 e. The Morgan fingerprint density at radius 3 is 2.50 bits per heavy atom. The highest BCUT2D eigenvalue weighted by atomic mass is 16.4. The summed E-state index contributed by atoms with van der Waals surface area (Å²) in [5.41, 5.74) is 5.51. The SMILES string of the molecule is CCC(NCC(C)N(C)C)C(N)=NO. The quantitative estimate of drug-likeness (QED) is 0.246. The molecule has 0 saturated carbocycles. The van der Waals surface area contributed by atoms with E-state index in [1.165, 1.54) is 0 Å². The van der Waals surface area contributed by atoms with Crippen LogP contribution in [-0.4, -0.2) is 48.7 Å². The molecule has 0 aliphatic carbocycles. The van der Waals surface area contributed by atoms with E-state index in [1.807, 2.05) is 21.0 Å². The molecule has 14 heavy (non-hydrogen) atoms. The minimum Gasteiger partial charge on any atom is -0.409 e. The number of hydrogen-bond acceptors (Lipinski definition) is 4. The van der Waals surface area contributed by atoms with Crippen molar-refractivity contribution in [2.75, 3.05) is 20.6 Å². The third-order valence-corrected chi connectivity index (χ3v) is 2.42. The van der Waals surface area contributed by atoms with Gasteiger partial charge in [-0.05, 0) is 27.4 Å². The normalized spacial score (nSPS) is 17.1.